The molecule has 0 fully saturated rings. The SMILES string of the molecule is Cl.Cl.N=C1CCN=c2nnnc3c2=C1C=C3. The molecular formula is C9H9Cl2N5. The van der Waals surface area contributed by atoms with Gasteiger partial charge < -0.3 is 5.41 Å². The van der Waals surface area contributed by atoms with Gasteiger partial charge in [0, 0.05) is 24.3 Å². The van der Waals surface area contributed by atoms with Crippen molar-refractivity contribution in [2.24, 2.45) is 4.99 Å². The van der Waals surface area contributed by atoms with E-state index in [1.54, 1.807) is 0 Å². The fourth-order valence-electron chi connectivity index (χ4n) is 1.72. The summed E-state index contributed by atoms with van der Waals surface area (Å²) in [6.45, 7) is 0.612. The van der Waals surface area contributed by atoms with Crippen LogP contribution in [0, 0.1) is 5.41 Å². The molecule has 7 heteroatoms. The van der Waals surface area contributed by atoms with E-state index in [-0.39, 0.29) is 24.8 Å². The molecule has 0 aromatic carbocycles. The molecule has 1 N–H and O–H groups in total. The Labute approximate surface area is 104 Å². The minimum absolute atomic E-state index is 0. The summed E-state index contributed by atoms with van der Waals surface area (Å²) >= 11 is 0. The Hall–Kier alpha value is -1.33. The molecule has 1 aromatic heterocycles. The summed E-state index contributed by atoms with van der Waals surface area (Å²) in [6, 6.07) is 0. The number of aromatic nitrogens is 3. The molecule has 1 aromatic rings. The van der Waals surface area contributed by atoms with Crippen molar-refractivity contribution in [2.75, 3.05) is 6.54 Å². The Morgan fingerprint density at radius 3 is 2.75 bits per heavy atom. The molecule has 16 heavy (non-hydrogen) atoms. The number of nitrogens with zero attached hydrogens (tertiary/aromatic N) is 4. The summed E-state index contributed by atoms with van der Waals surface area (Å²) in [5.41, 5.74) is 2.91. The molecule has 2 heterocycles. The van der Waals surface area contributed by atoms with Crippen LogP contribution in [0.5, 0.6) is 0 Å². The lowest BCUT2D eigenvalue weighted by Gasteiger charge is -1.96. The van der Waals surface area contributed by atoms with E-state index in [1.165, 1.54) is 0 Å². The molecular weight excluding hydrogens is 249 g/mol. The third kappa shape index (κ3) is 1.72. The van der Waals surface area contributed by atoms with Crippen LogP contribution in [0.4, 0.5) is 0 Å². The van der Waals surface area contributed by atoms with Crippen molar-refractivity contribution >= 4 is 42.2 Å². The van der Waals surface area contributed by atoms with Crippen molar-refractivity contribution in [1.29, 1.82) is 5.41 Å². The van der Waals surface area contributed by atoms with Gasteiger partial charge in [-0.05, 0) is 11.3 Å². The molecule has 84 valence electrons. The summed E-state index contributed by atoms with van der Waals surface area (Å²) in [4.78, 5) is 4.27. The number of allylic oxidation sites excluding steroid dienone is 1. The molecule has 1 aliphatic heterocycles. The Balaban J connectivity index is 0.000000640. The molecule has 0 bridgehead atoms. The van der Waals surface area contributed by atoms with E-state index in [0.29, 0.717) is 24.2 Å². The van der Waals surface area contributed by atoms with E-state index in [0.717, 1.165) is 16.5 Å². The van der Waals surface area contributed by atoms with Gasteiger partial charge in [0.05, 0.1) is 10.9 Å². The predicted molar refractivity (Wildman–Crippen MR) is 64.8 cm³/mol. The smallest absolute Gasteiger partial charge is 0.181 e. The van der Waals surface area contributed by atoms with Crippen molar-refractivity contribution < 1.29 is 0 Å². The molecule has 0 saturated heterocycles. The molecule has 5 nitrogen and oxygen atoms in total. The fourth-order valence-corrected chi connectivity index (χ4v) is 1.72. The number of rotatable bonds is 0. The van der Waals surface area contributed by atoms with Gasteiger partial charge in [0.25, 0.3) is 0 Å². The van der Waals surface area contributed by atoms with Crippen molar-refractivity contribution in [3.8, 4) is 0 Å². The predicted octanol–water partition coefficient (Wildman–Crippen LogP) is -0.0642. The van der Waals surface area contributed by atoms with Crippen LogP contribution >= 0.6 is 24.8 Å². The lowest BCUT2D eigenvalue weighted by atomic mass is 10.1. The highest BCUT2D eigenvalue weighted by Crippen LogP contribution is 2.10. The molecule has 0 radical (unpaired) electrons. The zero-order valence-electron chi connectivity index (χ0n) is 8.17. The molecule has 2 aliphatic rings. The molecule has 0 spiro atoms. The molecule has 0 amide bonds. The number of halogens is 2. The van der Waals surface area contributed by atoms with Gasteiger partial charge in [-0.3, -0.25) is 4.99 Å². The highest BCUT2D eigenvalue weighted by atomic mass is 35.5. The van der Waals surface area contributed by atoms with Gasteiger partial charge in [-0.15, -0.1) is 35.0 Å². The zero-order chi connectivity index (χ0) is 9.54. The Kier molecular flexibility index (Phi) is 3.72. The second kappa shape index (κ2) is 4.67. The standard InChI is InChI=1S/C9H7N5.2ClH/c10-6-3-4-11-9-8-5(6)1-2-7(8)12-14-13-9;;/h1-2,10H,3-4H2;2*1H. The lowest BCUT2D eigenvalue weighted by molar-refractivity contribution is 0.792. The Morgan fingerprint density at radius 1 is 1.12 bits per heavy atom. The summed E-state index contributed by atoms with van der Waals surface area (Å²) in [5.74, 6) is 0. The maximum atomic E-state index is 7.83. The summed E-state index contributed by atoms with van der Waals surface area (Å²) < 4.78 is 0. The first-order chi connectivity index (χ1) is 6.86. The Morgan fingerprint density at radius 2 is 1.94 bits per heavy atom. The van der Waals surface area contributed by atoms with Crippen molar-refractivity contribution in [3.63, 3.8) is 0 Å². The first-order valence-electron chi connectivity index (χ1n) is 4.40. The topological polar surface area (TPSA) is 74.9 Å². The average Bonchev–Trinajstić information content (AvgIpc) is 2.54. The molecule has 0 atom stereocenters. The average molecular weight is 258 g/mol. The van der Waals surface area contributed by atoms with E-state index in [9.17, 15) is 0 Å². The van der Waals surface area contributed by atoms with E-state index >= 15 is 0 Å². The van der Waals surface area contributed by atoms with Gasteiger partial charge >= 0.3 is 0 Å². The first-order valence-corrected chi connectivity index (χ1v) is 4.40. The van der Waals surface area contributed by atoms with E-state index in [1.807, 2.05) is 12.2 Å². The van der Waals surface area contributed by atoms with Crippen LogP contribution in [-0.4, -0.2) is 27.7 Å². The largest absolute Gasteiger partial charge is 0.305 e. The van der Waals surface area contributed by atoms with Crippen LogP contribution in [-0.2, 0) is 0 Å². The summed E-state index contributed by atoms with van der Waals surface area (Å²) in [5, 5.41) is 20.1. The quantitative estimate of drug-likeness (QED) is 0.708. The number of nitrogens with one attached hydrogen (secondary N) is 1. The van der Waals surface area contributed by atoms with E-state index < -0.39 is 0 Å². The van der Waals surface area contributed by atoms with E-state index in [2.05, 4.69) is 20.4 Å². The van der Waals surface area contributed by atoms with Gasteiger partial charge in [-0.25, -0.2) is 0 Å². The zero-order valence-corrected chi connectivity index (χ0v) is 9.81. The van der Waals surface area contributed by atoms with Crippen LogP contribution in [0.2, 0.25) is 0 Å². The minimum atomic E-state index is 0. The van der Waals surface area contributed by atoms with Gasteiger partial charge in [0.15, 0.2) is 5.49 Å². The lowest BCUT2D eigenvalue weighted by Crippen LogP contribution is -2.34. The summed E-state index contributed by atoms with van der Waals surface area (Å²) in [6.07, 6.45) is 4.42. The van der Waals surface area contributed by atoms with Gasteiger partial charge in [-0.1, -0.05) is 6.08 Å². The van der Waals surface area contributed by atoms with Crippen LogP contribution < -0.4 is 10.7 Å². The van der Waals surface area contributed by atoms with Crippen molar-refractivity contribution in [2.45, 2.75) is 6.42 Å². The molecule has 0 unspecified atom stereocenters. The summed E-state index contributed by atoms with van der Waals surface area (Å²) in [7, 11) is 0. The Bertz CT molecular complexity index is 578. The van der Waals surface area contributed by atoms with Gasteiger partial charge in [0.1, 0.15) is 0 Å². The maximum Gasteiger partial charge on any atom is 0.181 e. The second-order valence-corrected chi connectivity index (χ2v) is 3.23. The van der Waals surface area contributed by atoms with Crippen LogP contribution in [0.3, 0.4) is 0 Å². The fraction of sp³-hybridized carbons (Fsp3) is 0.222. The normalized spacial score (nSPS) is 15.5. The third-order valence-electron chi connectivity index (χ3n) is 2.40. The highest BCUT2D eigenvalue weighted by Gasteiger charge is 2.15. The van der Waals surface area contributed by atoms with Crippen molar-refractivity contribution in [3.05, 3.63) is 22.5 Å². The van der Waals surface area contributed by atoms with Crippen LogP contribution in [0.25, 0.3) is 11.6 Å². The van der Waals surface area contributed by atoms with E-state index in [4.69, 9.17) is 5.41 Å². The van der Waals surface area contributed by atoms with Crippen LogP contribution in [0.15, 0.2) is 11.1 Å². The number of hydrogen-bond acceptors (Lipinski definition) is 5. The number of hydrogen-bond donors (Lipinski definition) is 1. The molecule has 1 aliphatic carbocycles. The van der Waals surface area contributed by atoms with Gasteiger partial charge in [0.2, 0.25) is 0 Å². The highest BCUT2D eigenvalue weighted by molar-refractivity contribution is 6.22. The second-order valence-electron chi connectivity index (χ2n) is 3.23. The molecule has 3 rings (SSSR count). The third-order valence-corrected chi connectivity index (χ3v) is 2.40. The molecule has 0 saturated carbocycles. The van der Waals surface area contributed by atoms with Crippen molar-refractivity contribution in [1.82, 2.24) is 15.4 Å². The van der Waals surface area contributed by atoms with Crippen LogP contribution in [0.1, 0.15) is 12.1 Å². The monoisotopic (exact) mass is 257 g/mol. The minimum Gasteiger partial charge on any atom is -0.305 e. The first kappa shape index (κ1) is 12.7. The van der Waals surface area contributed by atoms with Gasteiger partial charge in [-0.2, -0.15) is 0 Å². The maximum absolute atomic E-state index is 7.83.